The highest BCUT2D eigenvalue weighted by molar-refractivity contribution is 6.61. The van der Waals surface area contributed by atoms with Crippen LogP contribution in [0.5, 0.6) is 0 Å². The van der Waals surface area contributed by atoms with Crippen LogP contribution in [0.4, 0.5) is 10.7 Å². The highest BCUT2D eigenvalue weighted by atomic mass is 16.7. The highest BCUT2D eigenvalue weighted by Gasteiger charge is 2.52. The average molecular weight is 446 g/mol. The lowest BCUT2D eigenvalue weighted by atomic mass is 9.81. The van der Waals surface area contributed by atoms with Gasteiger partial charge in [-0.1, -0.05) is 0 Å². The first kappa shape index (κ1) is 24.8. The molecular formula is C23H39BN4O4. The molecule has 0 radical (unpaired) electrons. The van der Waals surface area contributed by atoms with Crippen LogP contribution < -0.4 is 10.4 Å². The van der Waals surface area contributed by atoms with Crippen LogP contribution in [0.15, 0.2) is 12.4 Å². The summed E-state index contributed by atoms with van der Waals surface area (Å²) in [7, 11) is -0.487. The van der Waals surface area contributed by atoms with Crippen LogP contribution in [-0.2, 0) is 14.0 Å². The highest BCUT2D eigenvalue weighted by Crippen LogP contribution is 2.36. The van der Waals surface area contributed by atoms with Crippen LogP contribution in [0.1, 0.15) is 75.2 Å². The van der Waals surface area contributed by atoms with Crippen molar-refractivity contribution in [1.29, 1.82) is 0 Å². The summed E-state index contributed by atoms with van der Waals surface area (Å²) in [6.45, 7) is 19.3. The molecule has 178 valence electrons. The quantitative estimate of drug-likeness (QED) is 0.657. The first-order valence-electron chi connectivity index (χ1n) is 11.6. The van der Waals surface area contributed by atoms with Crippen LogP contribution in [0.3, 0.4) is 0 Å². The van der Waals surface area contributed by atoms with Crippen LogP contribution in [0.2, 0.25) is 0 Å². The third kappa shape index (κ3) is 5.37. The Labute approximate surface area is 193 Å². The largest absolute Gasteiger partial charge is 0.498 e. The molecule has 8 nitrogen and oxygen atoms in total. The minimum absolute atomic E-state index is 0.124. The van der Waals surface area contributed by atoms with Crippen molar-refractivity contribution < 1.29 is 18.8 Å². The maximum Gasteiger partial charge on any atom is 0.498 e. The second-order valence-corrected chi connectivity index (χ2v) is 11.1. The molecule has 2 fully saturated rings. The summed E-state index contributed by atoms with van der Waals surface area (Å²) in [5.41, 5.74) is -0.523. The molecule has 1 aromatic rings. The van der Waals surface area contributed by atoms with Crippen molar-refractivity contribution in [2.45, 2.75) is 104 Å². The number of piperidine rings is 1. The number of anilines is 1. The molecule has 3 heterocycles. The van der Waals surface area contributed by atoms with Crippen LogP contribution in [0.25, 0.3) is 0 Å². The van der Waals surface area contributed by atoms with E-state index in [0.717, 1.165) is 18.3 Å². The number of carbonyl (C=O) groups is 1. The van der Waals surface area contributed by atoms with Gasteiger partial charge in [0.25, 0.3) is 0 Å². The van der Waals surface area contributed by atoms with Gasteiger partial charge in [-0.2, -0.15) is 0 Å². The second-order valence-electron chi connectivity index (χ2n) is 11.1. The Hall–Kier alpha value is -1.87. The van der Waals surface area contributed by atoms with Gasteiger partial charge in [-0.05, 0) is 75.2 Å². The van der Waals surface area contributed by atoms with Crippen molar-refractivity contribution in [2.24, 2.45) is 0 Å². The summed E-state index contributed by atoms with van der Waals surface area (Å²) >= 11 is 0. The van der Waals surface area contributed by atoms with Crippen LogP contribution >= 0.6 is 0 Å². The molecule has 0 bridgehead atoms. The third-order valence-corrected chi connectivity index (χ3v) is 6.41. The molecule has 32 heavy (non-hydrogen) atoms. The molecule has 0 saturated carbocycles. The van der Waals surface area contributed by atoms with Crippen LogP contribution in [0, 0.1) is 0 Å². The minimum Gasteiger partial charge on any atom is -0.444 e. The summed E-state index contributed by atoms with van der Waals surface area (Å²) in [5, 5.41) is 0. The van der Waals surface area contributed by atoms with Gasteiger partial charge < -0.3 is 23.8 Å². The molecule has 0 N–H and O–H groups in total. The van der Waals surface area contributed by atoms with Gasteiger partial charge in [0.15, 0.2) is 0 Å². The Balaban J connectivity index is 1.74. The van der Waals surface area contributed by atoms with Crippen molar-refractivity contribution in [1.82, 2.24) is 14.9 Å². The average Bonchev–Trinajstić information content (AvgIpc) is 2.88. The van der Waals surface area contributed by atoms with Crippen molar-refractivity contribution in [3.8, 4) is 0 Å². The lowest BCUT2D eigenvalue weighted by Crippen LogP contribution is -2.53. The van der Waals surface area contributed by atoms with Gasteiger partial charge in [-0.25, -0.2) is 14.8 Å². The van der Waals surface area contributed by atoms with Gasteiger partial charge in [0.1, 0.15) is 5.60 Å². The predicted octanol–water partition coefficient (Wildman–Crippen LogP) is 3.39. The first-order valence-corrected chi connectivity index (χ1v) is 11.6. The van der Waals surface area contributed by atoms with E-state index in [1.807, 2.05) is 48.5 Å². The number of amides is 1. The number of nitrogens with zero attached hydrogens (tertiary/aromatic N) is 4. The Kier molecular flexibility index (Phi) is 6.83. The molecule has 1 amide bonds. The molecule has 9 heteroatoms. The smallest absolute Gasteiger partial charge is 0.444 e. The number of carbonyl (C=O) groups excluding carboxylic acids is 1. The SMILES string of the molecule is CC(C)N(c1ncc(B2OC(C)(C)C(C)(C)O2)cn1)[C@H]1CCCN(C(=O)OC(C)(C)C)C1. The maximum atomic E-state index is 12.6. The van der Waals surface area contributed by atoms with Gasteiger partial charge in [0, 0.05) is 43.0 Å². The van der Waals surface area contributed by atoms with Crippen LogP contribution in [-0.4, -0.2) is 70.1 Å². The minimum atomic E-state index is -0.506. The first-order chi connectivity index (χ1) is 14.7. The lowest BCUT2D eigenvalue weighted by molar-refractivity contribution is 0.00578. The van der Waals surface area contributed by atoms with Gasteiger partial charge >= 0.3 is 13.2 Å². The van der Waals surface area contributed by atoms with Crippen molar-refractivity contribution >= 4 is 24.6 Å². The topological polar surface area (TPSA) is 77.0 Å². The fourth-order valence-corrected chi connectivity index (χ4v) is 4.06. The number of hydrogen-bond acceptors (Lipinski definition) is 7. The van der Waals surface area contributed by atoms with Crippen molar-refractivity contribution in [2.75, 3.05) is 18.0 Å². The fourth-order valence-electron chi connectivity index (χ4n) is 4.06. The molecule has 1 atom stereocenters. The summed E-state index contributed by atoms with van der Waals surface area (Å²) in [4.78, 5) is 25.9. The Morgan fingerprint density at radius 2 is 1.75 bits per heavy atom. The van der Waals surface area contributed by atoms with E-state index in [1.165, 1.54) is 0 Å². The lowest BCUT2D eigenvalue weighted by Gasteiger charge is -2.41. The van der Waals surface area contributed by atoms with E-state index in [2.05, 4.69) is 28.7 Å². The summed E-state index contributed by atoms with van der Waals surface area (Å²) in [6.07, 6.45) is 5.20. The van der Waals surface area contributed by atoms with Gasteiger partial charge in [-0.15, -0.1) is 0 Å². The van der Waals surface area contributed by atoms with Crippen molar-refractivity contribution in [3.05, 3.63) is 12.4 Å². The standard InChI is InChI=1S/C23H39BN4O4/c1-16(2)28(18-11-10-12-27(15-18)20(29)30-21(3,4)5)19-25-13-17(14-26-19)24-31-22(6,7)23(8,9)32-24/h13-14,16,18H,10-12,15H2,1-9H3/t18-/m0/s1. The van der Waals surface area contributed by atoms with E-state index >= 15 is 0 Å². The zero-order valence-electron chi connectivity index (χ0n) is 21.1. The van der Waals surface area contributed by atoms with E-state index in [1.54, 1.807) is 17.3 Å². The predicted molar refractivity (Wildman–Crippen MR) is 126 cm³/mol. The Bertz CT molecular complexity index is 791. The summed E-state index contributed by atoms with van der Waals surface area (Å²) in [5.74, 6) is 0.649. The number of likely N-dealkylation sites (tertiary alicyclic amines) is 1. The molecule has 2 aliphatic heterocycles. The molecule has 0 aliphatic carbocycles. The number of rotatable bonds is 4. The molecular weight excluding hydrogens is 407 g/mol. The van der Waals surface area contributed by atoms with E-state index in [4.69, 9.17) is 14.0 Å². The molecule has 0 spiro atoms. The fraction of sp³-hybridized carbons (Fsp3) is 0.783. The molecule has 2 aliphatic rings. The van der Waals surface area contributed by atoms with Gasteiger partial charge in [0.05, 0.1) is 11.2 Å². The summed E-state index contributed by atoms with van der Waals surface area (Å²) < 4.78 is 17.8. The zero-order valence-corrected chi connectivity index (χ0v) is 21.1. The third-order valence-electron chi connectivity index (χ3n) is 6.41. The summed E-state index contributed by atoms with van der Waals surface area (Å²) in [6, 6.07) is 0.306. The molecule has 3 rings (SSSR count). The number of aromatic nitrogens is 2. The second kappa shape index (κ2) is 8.82. The molecule has 1 aromatic heterocycles. The Morgan fingerprint density at radius 1 is 1.19 bits per heavy atom. The molecule has 0 aromatic carbocycles. The van der Waals surface area contributed by atoms with E-state index in [-0.39, 0.29) is 18.2 Å². The molecule has 0 unspecified atom stereocenters. The van der Waals surface area contributed by atoms with E-state index in [9.17, 15) is 4.79 Å². The Morgan fingerprint density at radius 3 is 2.25 bits per heavy atom. The zero-order chi connectivity index (χ0) is 23.9. The van der Waals surface area contributed by atoms with Gasteiger partial charge in [-0.3, -0.25) is 0 Å². The number of hydrogen-bond donors (Lipinski definition) is 0. The van der Waals surface area contributed by atoms with E-state index in [0.29, 0.717) is 19.0 Å². The van der Waals surface area contributed by atoms with E-state index < -0.39 is 23.9 Å². The van der Waals surface area contributed by atoms with Crippen molar-refractivity contribution in [3.63, 3.8) is 0 Å². The normalized spacial score (nSPS) is 22.9. The monoisotopic (exact) mass is 446 g/mol. The maximum absolute atomic E-state index is 12.6. The number of ether oxygens (including phenoxy) is 1. The molecule has 2 saturated heterocycles. The van der Waals surface area contributed by atoms with Gasteiger partial charge in [0.2, 0.25) is 5.95 Å².